The van der Waals surface area contributed by atoms with E-state index in [4.69, 9.17) is 0 Å². The maximum Gasteiger partial charge on any atom is 0.308 e. The highest BCUT2D eigenvalue weighted by atomic mass is 31.1. The van der Waals surface area contributed by atoms with Crippen LogP contribution < -0.4 is 10.8 Å². The average Bonchev–Trinajstić information content (AvgIpc) is 2.87. The Balaban J connectivity index is 0.00000133. The van der Waals surface area contributed by atoms with Gasteiger partial charge in [0.1, 0.15) is 11.6 Å². The van der Waals surface area contributed by atoms with E-state index in [1.807, 2.05) is 19.9 Å². The second-order valence-corrected chi connectivity index (χ2v) is 10.5. The van der Waals surface area contributed by atoms with E-state index in [2.05, 4.69) is 20.3 Å². The average molecular weight is 489 g/mol. The number of aromatic nitrogens is 3. The maximum absolute atomic E-state index is 14.1. The van der Waals surface area contributed by atoms with Crippen molar-refractivity contribution >= 4 is 36.5 Å². The van der Waals surface area contributed by atoms with E-state index in [0.717, 1.165) is 42.6 Å². The number of alkyl halides is 3. The van der Waals surface area contributed by atoms with Crippen LogP contribution in [0.5, 0.6) is 0 Å². The van der Waals surface area contributed by atoms with Crippen LogP contribution in [0.3, 0.4) is 0 Å². The molecule has 3 heterocycles. The molecule has 0 bridgehead atoms. The van der Waals surface area contributed by atoms with Crippen molar-refractivity contribution in [3.05, 3.63) is 53.0 Å². The molecule has 0 saturated carbocycles. The molecule has 0 spiro atoms. The van der Waals surface area contributed by atoms with Gasteiger partial charge in [0.15, 0.2) is 6.17 Å². The van der Waals surface area contributed by atoms with Gasteiger partial charge in [-0.25, -0.2) is 14.4 Å². The zero-order chi connectivity index (χ0) is 24.5. The molecule has 1 aromatic carbocycles. The van der Waals surface area contributed by atoms with E-state index < -0.39 is 20.0 Å². The number of hydrogen-bond acceptors (Lipinski definition) is 5. The van der Waals surface area contributed by atoms with Gasteiger partial charge < -0.3 is 10.2 Å². The number of fused-ring (bicyclic) bond motifs is 2. The number of halogens is 3. The van der Waals surface area contributed by atoms with E-state index in [0.29, 0.717) is 22.7 Å². The Morgan fingerprint density at radius 3 is 2.68 bits per heavy atom. The first-order chi connectivity index (χ1) is 16.4. The Kier molecular flexibility index (Phi) is 7.03. The number of hydrogen-bond donors (Lipinski definition) is 1. The van der Waals surface area contributed by atoms with Crippen molar-refractivity contribution in [3.63, 3.8) is 0 Å². The molecule has 1 aliphatic carbocycles. The number of rotatable bonds is 5. The molecular formula is C24H27F3N5OP. The first-order valence-electron chi connectivity index (χ1n) is 11.3. The monoisotopic (exact) mass is 489 g/mol. The zero-order valence-corrected chi connectivity index (χ0v) is 20.2. The number of anilines is 1. The fourth-order valence-corrected chi connectivity index (χ4v) is 6.49. The fourth-order valence-electron chi connectivity index (χ4n) is 4.28. The largest absolute Gasteiger partial charge is 0.365 e. The minimum absolute atomic E-state index is 0.0628. The number of benzene rings is 1. The molecule has 1 aliphatic heterocycles. The van der Waals surface area contributed by atoms with Crippen LogP contribution in [0.1, 0.15) is 42.5 Å². The summed E-state index contributed by atoms with van der Waals surface area (Å²) in [7, 11) is -0.491. The first-order valence-corrected chi connectivity index (χ1v) is 13.1. The third-order valence-electron chi connectivity index (χ3n) is 6.04. The molecule has 10 heteroatoms. The van der Waals surface area contributed by atoms with Gasteiger partial charge in [0.05, 0.1) is 17.1 Å². The van der Waals surface area contributed by atoms with Gasteiger partial charge in [-0.15, -0.1) is 0 Å². The first kappa shape index (κ1) is 24.3. The molecule has 1 fully saturated rings. The fraction of sp³-hybridized carbons (Fsp3) is 0.417. The van der Waals surface area contributed by atoms with Crippen molar-refractivity contribution in [1.29, 1.82) is 0 Å². The Hall–Kier alpha value is -2.80. The Bertz CT molecular complexity index is 1200. The molecule has 2 aromatic heterocycles. The number of amides is 1. The van der Waals surface area contributed by atoms with E-state index in [1.165, 1.54) is 12.1 Å². The molecule has 1 unspecified atom stereocenters. The minimum atomic E-state index is -3.42. The molecule has 1 amide bonds. The summed E-state index contributed by atoms with van der Waals surface area (Å²) >= 11 is 0. The van der Waals surface area contributed by atoms with Crippen LogP contribution in [0.4, 0.5) is 19.0 Å². The highest BCUT2D eigenvalue weighted by molar-refractivity contribution is 7.65. The molecule has 2 aliphatic rings. The van der Waals surface area contributed by atoms with Crippen LogP contribution in [0.15, 0.2) is 30.5 Å². The lowest BCUT2D eigenvalue weighted by Gasteiger charge is -2.35. The Morgan fingerprint density at radius 2 is 1.97 bits per heavy atom. The van der Waals surface area contributed by atoms with Gasteiger partial charge >= 0.3 is 5.92 Å². The molecule has 6 nitrogen and oxygen atoms in total. The summed E-state index contributed by atoms with van der Waals surface area (Å²) < 4.78 is 41.6. The van der Waals surface area contributed by atoms with Crippen molar-refractivity contribution in [2.24, 2.45) is 0 Å². The zero-order valence-electron chi connectivity index (χ0n) is 19.4. The lowest BCUT2D eigenvalue weighted by Crippen LogP contribution is -2.35. The molecule has 1 saturated heterocycles. The number of nitrogens with zero attached hydrogens (tertiary/aromatic N) is 4. The molecule has 0 radical (unpaired) electrons. The molecule has 1 N–H and O–H groups in total. The Morgan fingerprint density at radius 1 is 1.24 bits per heavy atom. The molecule has 5 rings (SSSR count). The standard InChI is InChI=1S/C22H21F3N5OP.C2H6/c1-13-28-17-11-26-18(32-7-5-30(12-31)6-8-32)9-15(17)21(29-13)27-10-14-3-2-4-16-19(14)20(23)22(16,24)25;1-2/h2-4,9,11-12,20H,5-8,10H2,1H3,(H,27,28,29);1-2H3. The summed E-state index contributed by atoms with van der Waals surface area (Å²) in [5.41, 5.74) is 1.96. The third kappa shape index (κ3) is 4.33. The lowest BCUT2D eigenvalue weighted by molar-refractivity contribution is -0.117. The number of nitrogens with one attached hydrogen (secondary N) is 1. The maximum atomic E-state index is 14.1. The van der Waals surface area contributed by atoms with Gasteiger partial charge in [-0.1, -0.05) is 40.0 Å². The second kappa shape index (κ2) is 9.82. The van der Waals surface area contributed by atoms with Crippen molar-refractivity contribution in [2.45, 2.75) is 39.4 Å². The van der Waals surface area contributed by atoms with Gasteiger partial charge in [-0.2, -0.15) is 8.78 Å². The van der Waals surface area contributed by atoms with Crippen molar-refractivity contribution in [3.8, 4) is 0 Å². The lowest BCUT2D eigenvalue weighted by atomic mass is 9.79. The van der Waals surface area contributed by atoms with Crippen molar-refractivity contribution in [2.75, 3.05) is 30.7 Å². The summed E-state index contributed by atoms with van der Waals surface area (Å²) in [6.07, 6.45) is 2.12. The molecule has 3 aromatic rings. The number of pyridine rings is 1. The molecular weight excluding hydrogens is 462 g/mol. The van der Waals surface area contributed by atoms with Gasteiger partial charge in [-0.3, -0.25) is 9.78 Å². The predicted octanol–water partition coefficient (Wildman–Crippen LogP) is 4.67. The summed E-state index contributed by atoms with van der Waals surface area (Å²) in [4.78, 5) is 26.3. The molecule has 180 valence electrons. The number of aryl methyl sites for hydroxylation is 1. The number of carbonyl (C=O) groups is 1. The highest BCUT2D eigenvalue weighted by Gasteiger charge is 2.55. The number of carbonyl (C=O) groups excluding carboxylic acids is 1. The second-order valence-electron chi connectivity index (χ2n) is 8.02. The summed E-state index contributed by atoms with van der Waals surface area (Å²) in [5.74, 6) is -2.31. The Labute approximate surface area is 197 Å². The van der Waals surface area contributed by atoms with E-state index in [1.54, 1.807) is 24.1 Å². The van der Waals surface area contributed by atoms with E-state index in [-0.39, 0.29) is 17.7 Å². The van der Waals surface area contributed by atoms with Crippen LogP contribution in [0.2, 0.25) is 0 Å². The van der Waals surface area contributed by atoms with E-state index >= 15 is 0 Å². The van der Waals surface area contributed by atoms with Crippen LogP contribution in [-0.4, -0.2) is 51.7 Å². The predicted molar refractivity (Wildman–Crippen MR) is 129 cm³/mol. The van der Waals surface area contributed by atoms with Crippen LogP contribution in [0.25, 0.3) is 10.9 Å². The normalized spacial score (nSPS) is 19.0. The van der Waals surface area contributed by atoms with Crippen molar-refractivity contribution < 1.29 is 18.0 Å². The van der Waals surface area contributed by atoms with Crippen LogP contribution >= 0.6 is 7.92 Å². The molecule has 34 heavy (non-hydrogen) atoms. The molecule has 1 atom stereocenters. The quantitative estimate of drug-likeness (QED) is 0.417. The highest BCUT2D eigenvalue weighted by Crippen LogP contribution is 2.56. The summed E-state index contributed by atoms with van der Waals surface area (Å²) in [5, 5.41) is 3.99. The van der Waals surface area contributed by atoms with Gasteiger partial charge in [-0.05, 0) is 30.9 Å². The summed E-state index contributed by atoms with van der Waals surface area (Å²) in [6.45, 7) is 7.38. The van der Waals surface area contributed by atoms with Crippen LogP contribution in [0, 0.1) is 6.92 Å². The summed E-state index contributed by atoms with van der Waals surface area (Å²) in [6, 6.07) is 6.43. The van der Waals surface area contributed by atoms with Crippen LogP contribution in [-0.2, 0) is 17.3 Å². The smallest absolute Gasteiger partial charge is 0.308 e. The topological polar surface area (TPSA) is 71.0 Å². The SMILES string of the molecule is CC.Cc1nc(NCc2cccc3c2C(F)C3(F)F)c2cc(P3CCN(C=O)CC3)ncc2n1. The van der Waals surface area contributed by atoms with Gasteiger partial charge in [0, 0.05) is 36.1 Å². The van der Waals surface area contributed by atoms with E-state index in [9.17, 15) is 18.0 Å². The minimum Gasteiger partial charge on any atom is -0.365 e. The third-order valence-corrected chi connectivity index (χ3v) is 8.41. The van der Waals surface area contributed by atoms with Gasteiger partial charge in [0.25, 0.3) is 0 Å². The van der Waals surface area contributed by atoms with Gasteiger partial charge in [0.2, 0.25) is 6.41 Å². The van der Waals surface area contributed by atoms with Crippen molar-refractivity contribution in [1.82, 2.24) is 19.9 Å².